The highest BCUT2D eigenvalue weighted by Crippen LogP contribution is 2.36. The Morgan fingerprint density at radius 3 is 2.25 bits per heavy atom. The Morgan fingerprint density at radius 2 is 1.75 bits per heavy atom. The molecule has 0 aliphatic carbocycles. The van der Waals surface area contributed by atoms with E-state index in [1.807, 2.05) is 0 Å². The summed E-state index contributed by atoms with van der Waals surface area (Å²) >= 11 is 0. The van der Waals surface area contributed by atoms with Crippen molar-refractivity contribution in [1.29, 1.82) is 0 Å². The molecule has 0 heterocycles. The Labute approximate surface area is 165 Å². The molecule has 1 amide bonds. The first-order valence-corrected chi connectivity index (χ1v) is 8.18. The second kappa shape index (κ2) is 12.2. The summed E-state index contributed by atoms with van der Waals surface area (Å²) in [6, 6.07) is 6.49. The maximum absolute atomic E-state index is 13.2. The van der Waals surface area contributed by atoms with Gasteiger partial charge in [0.1, 0.15) is 0 Å². The van der Waals surface area contributed by atoms with E-state index in [2.05, 4.69) is 10.1 Å². The topological polar surface area (TPSA) is 119 Å². The Bertz CT molecular complexity index is 643. The van der Waals surface area contributed by atoms with Gasteiger partial charge in [0.05, 0.1) is 6.54 Å². The van der Waals surface area contributed by atoms with Crippen molar-refractivity contribution < 1.29 is 37.4 Å². The lowest BCUT2D eigenvalue weighted by Gasteiger charge is -2.22. The number of amides is 1. The van der Waals surface area contributed by atoms with E-state index in [0.29, 0.717) is 6.42 Å². The molecular weight excluding hydrogens is 405 g/mol. The van der Waals surface area contributed by atoms with Crippen LogP contribution in [0.15, 0.2) is 30.3 Å². The third-order valence-corrected chi connectivity index (χ3v) is 3.64. The summed E-state index contributed by atoms with van der Waals surface area (Å²) in [5, 5.41) is 11.6. The van der Waals surface area contributed by atoms with Crippen molar-refractivity contribution in [2.45, 2.75) is 31.5 Å². The van der Waals surface area contributed by atoms with Gasteiger partial charge in [-0.05, 0) is 12.8 Å². The number of aliphatic carboxylic acids is 1. The fourth-order valence-electron chi connectivity index (χ4n) is 2.27. The SMILES string of the molecule is Cl.NCC(=O)NCCCCC(C(=O)O)C(=O)OC(c1ccccc1)C(F)(F)F. The standard InChI is InChI=1S/C17H21F3N2O5.ClH/c18-17(19,20)14(11-6-2-1-3-7-11)27-16(26)12(15(24)25)8-4-5-9-22-13(23)10-21;/h1-3,6-7,12,14H,4-5,8-10,21H2,(H,22,23)(H,24,25);1H. The minimum Gasteiger partial charge on any atom is -0.481 e. The summed E-state index contributed by atoms with van der Waals surface area (Å²) in [4.78, 5) is 34.3. The molecule has 0 bridgehead atoms. The van der Waals surface area contributed by atoms with E-state index in [9.17, 15) is 27.6 Å². The van der Waals surface area contributed by atoms with Gasteiger partial charge in [0.25, 0.3) is 0 Å². The van der Waals surface area contributed by atoms with Gasteiger partial charge in [-0.15, -0.1) is 12.4 Å². The van der Waals surface area contributed by atoms with E-state index in [4.69, 9.17) is 10.8 Å². The van der Waals surface area contributed by atoms with Gasteiger partial charge in [-0.3, -0.25) is 14.4 Å². The van der Waals surface area contributed by atoms with Crippen LogP contribution in [0.4, 0.5) is 13.2 Å². The monoisotopic (exact) mass is 426 g/mol. The number of carboxylic acids is 1. The van der Waals surface area contributed by atoms with E-state index in [0.717, 1.165) is 12.1 Å². The molecule has 28 heavy (non-hydrogen) atoms. The van der Waals surface area contributed by atoms with Crippen LogP contribution in [0.25, 0.3) is 0 Å². The number of nitrogens with two attached hydrogens (primary N) is 1. The van der Waals surface area contributed by atoms with Crippen molar-refractivity contribution in [2.24, 2.45) is 11.7 Å². The summed E-state index contributed by atoms with van der Waals surface area (Å²) in [6.45, 7) is 0.0228. The molecule has 0 spiro atoms. The van der Waals surface area contributed by atoms with Gasteiger partial charge in [0, 0.05) is 12.1 Å². The molecule has 4 N–H and O–H groups in total. The van der Waals surface area contributed by atoms with E-state index in [-0.39, 0.29) is 49.8 Å². The average Bonchev–Trinajstić information content (AvgIpc) is 2.61. The van der Waals surface area contributed by atoms with Crippen LogP contribution in [0.2, 0.25) is 0 Å². The molecule has 1 rings (SSSR count). The van der Waals surface area contributed by atoms with Gasteiger partial charge in [-0.1, -0.05) is 36.8 Å². The largest absolute Gasteiger partial charge is 0.481 e. The molecule has 0 aromatic heterocycles. The zero-order chi connectivity index (χ0) is 20.4. The number of rotatable bonds is 10. The van der Waals surface area contributed by atoms with Crippen molar-refractivity contribution in [3.8, 4) is 0 Å². The Kier molecular flexibility index (Phi) is 11.2. The van der Waals surface area contributed by atoms with E-state index >= 15 is 0 Å². The average molecular weight is 427 g/mol. The lowest BCUT2D eigenvalue weighted by atomic mass is 10.0. The minimum atomic E-state index is -4.88. The molecule has 0 radical (unpaired) electrons. The van der Waals surface area contributed by atoms with Crippen molar-refractivity contribution in [3.05, 3.63) is 35.9 Å². The molecule has 1 aromatic carbocycles. The lowest BCUT2D eigenvalue weighted by molar-refractivity contribution is -0.226. The molecule has 2 unspecified atom stereocenters. The molecule has 0 aliphatic heterocycles. The number of esters is 1. The molecular formula is C17H22ClF3N2O5. The van der Waals surface area contributed by atoms with E-state index in [1.54, 1.807) is 0 Å². The summed E-state index contributed by atoms with van der Waals surface area (Å²) in [5.41, 5.74) is 4.80. The number of ether oxygens (including phenoxy) is 1. The third-order valence-electron chi connectivity index (χ3n) is 3.64. The number of halogens is 4. The quantitative estimate of drug-likeness (QED) is 0.300. The number of carbonyl (C=O) groups excluding carboxylic acids is 2. The van der Waals surface area contributed by atoms with E-state index < -0.39 is 30.1 Å². The number of carboxylic acid groups (broad SMARTS) is 1. The van der Waals surface area contributed by atoms with Crippen molar-refractivity contribution in [1.82, 2.24) is 5.32 Å². The van der Waals surface area contributed by atoms with Gasteiger partial charge >= 0.3 is 18.1 Å². The number of nitrogens with one attached hydrogen (secondary N) is 1. The predicted molar refractivity (Wildman–Crippen MR) is 95.6 cm³/mol. The fourth-order valence-corrected chi connectivity index (χ4v) is 2.27. The molecule has 7 nitrogen and oxygen atoms in total. The highest BCUT2D eigenvalue weighted by Gasteiger charge is 2.45. The fraction of sp³-hybridized carbons (Fsp3) is 0.471. The van der Waals surface area contributed by atoms with Crippen LogP contribution in [0.5, 0.6) is 0 Å². The first-order chi connectivity index (χ1) is 12.7. The van der Waals surface area contributed by atoms with Gasteiger partial charge in [0.2, 0.25) is 12.0 Å². The second-order valence-corrected chi connectivity index (χ2v) is 5.71. The molecule has 1 aromatic rings. The summed E-state index contributed by atoms with van der Waals surface area (Å²) in [7, 11) is 0. The second-order valence-electron chi connectivity index (χ2n) is 5.71. The van der Waals surface area contributed by atoms with Crippen LogP contribution < -0.4 is 11.1 Å². The van der Waals surface area contributed by atoms with Crippen molar-refractivity contribution >= 4 is 30.3 Å². The predicted octanol–water partition coefficient (Wildman–Crippen LogP) is 2.20. The molecule has 158 valence electrons. The number of benzene rings is 1. The van der Waals surface area contributed by atoms with Crippen LogP contribution >= 0.6 is 12.4 Å². The van der Waals surface area contributed by atoms with Crippen LogP contribution in [0.1, 0.15) is 30.9 Å². The van der Waals surface area contributed by atoms with Crippen LogP contribution in [0.3, 0.4) is 0 Å². The zero-order valence-corrected chi connectivity index (χ0v) is 15.6. The Hall–Kier alpha value is -2.33. The number of alkyl halides is 3. The van der Waals surface area contributed by atoms with Crippen LogP contribution in [0, 0.1) is 5.92 Å². The Balaban J connectivity index is 0.00000729. The molecule has 2 atom stereocenters. The lowest BCUT2D eigenvalue weighted by Crippen LogP contribution is -2.33. The summed E-state index contributed by atoms with van der Waals surface area (Å²) in [5.74, 6) is -5.15. The third kappa shape index (κ3) is 8.57. The molecule has 0 saturated heterocycles. The van der Waals surface area contributed by atoms with E-state index in [1.165, 1.54) is 18.2 Å². The normalized spacial score (nSPS) is 13.0. The minimum absolute atomic E-state index is 0. The smallest absolute Gasteiger partial charge is 0.429 e. The number of unbranched alkanes of at least 4 members (excludes halogenated alkanes) is 1. The van der Waals surface area contributed by atoms with Crippen molar-refractivity contribution in [3.63, 3.8) is 0 Å². The van der Waals surface area contributed by atoms with Crippen molar-refractivity contribution in [2.75, 3.05) is 13.1 Å². The number of hydrogen-bond acceptors (Lipinski definition) is 5. The number of hydrogen-bond donors (Lipinski definition) is 3. The number of carbonyl (C=O) groups is 3. The molecule has 0 aliphatic rings. The first kappa shape index (κ1) is 25.7. The molecule has 0 saturated carbocycles. The highest BCUT2D eigenvalue weighted by molar-refractivity contribution is 5.94. The molecule has 11 heteroatoms. The van der Waals surface area contributed by atoms with Gasteiger partial charge in [0.15, 0.2) is 5.92 Å². The summed E-state index contributed by atoms with van der Waals surface area (Å²) in [6.07, 6.45) is -7.11. The maximum Gasteiger partial charge on any atom is 0.429 e. The van der Waals surface area contributed by atoms with Gasteiger partial charge in [-0.2, -0.15) is 13.2 Å². The highest BCUT2D eigenvalue weighted by atomic mass is 35.5. The maximum atomic E-state index is 13.2. The zero-order valence-electron chi connectivity index (χ0n) is 14.8. The van der Waals surface area contributed by atoms with Crippen LogP contribution in [-0.4, -0.2) is 42.2 Å². The van der Waals surface area contributed by atoms with Crippen LogP contribution in [-0.2, 0) is 19.1 Å². The molecule has 0 fully saturated rings. The first-order valence-electron chi connectivity index (χ1n) is 8.18. The van der Waals surface area contributed by atoms with Gasteiger partial charge in [-0.25, -0.2) is 0 Å². The summed E-state index contributed by atoms with van der Waals surface area (Å²) < 4.78 is 44.2. The Morgan fingerprint density at radius 1 is 1.14 bits per heavy atom. The van der Waals surface area contributed by atoms with Gasteiger partial charge < -0.3 is 20.9 Å².